The fourth-order valence-electron chi connectivity index (χ4n) is 1.77. The van der Waals surface area contributed by atoms with Crippen molar-refractivity contribution in [3.63, 3.8) is 0 Å². The monoisotopic (exact) mass is 323 g/mol. The van der Waals surface area contributed by atoms with Gasteiger partial charge < -0.3 is 10.6 Å². The van der Waals surface area contributed by atoms with Crippen molar-refractivity contribution in [1.29, 1.82) is 0 Å². The molecule has 2 aromatic rings. The summed E-state index contributed by atoms with van der Waals surface area (Å²) in [6, 6.07) is 1.41. The molecule has 7 heteroatoms. The summed E-state index contributed by atoms with van der Waals surface area (Å²) in [6.45, 7) is 5.85. The standard InChI is InChI=1S/C14H17N3O2S2/c1-4-15-12(18)9(3)16-13(19)11-8(2)17-14(21-11)10-5-6-20-7-10/h5-7,9H,4H2,1-3H3,(H,15,18)(H,16,19). The Balaban J connectivity index is 2.11. The molecule has 0 spiro atoms. The first-order chi connectivity index (χ1) is 10.0. The van der Waals surface area contributed by atoms with E-state index in [4.69, 9.17) is 0 Å². The largest absolute Gasteiger partial charge is 0.355 e. The first kappa shape index (κ1) is 15.7. The van der Waals surface area contributed by atoms with E-state index < -0.39 is 6.04 Å². The Hall–Kier alpha value is -1.73. The van der Waals surface area contributed by atoms with Gasteiger partial charge in [-0.2, -0.15) is 11.3 Å². The summed E-state index contributed by atoms with van der Waals surface area (Å²) in [5, 5.41) is 10.2. The van der Waals surface area contributed by atoms with Crippen LogP contribution in [0.1, 0.15) is 29.2 Å². The molecule has 0 saturated carbocycles. The lowest BCUT2D eigenvalue weighted by molar-refractivity contribution is -0.122. The van der Waals surface area contributed by atoms with Crippen molar-refractivity contribution < 1.29 is 9.59 Å². The van der Waals surface area contributed by atoms with E-state index in [1.54, 1.807) is 25.2 Å². The first-order valence-corrected chi connectivity index (χ1v) is 8.37. The number of nitrogens with zero attached hydrogens (tertiary/aromatic N) is 1. The highest BCUT2D eigenvalue weighted by Gasteiger charge is 2.20. The van der Waals surface area contributed by atoms with Gasteiger partial charge in [0.2, 0.25) is 5.91 Å². The molecule has 0 bridgehead atoms. The van der Waals surface area contributed by atoms with E-state index in [0.717, 1.165) is 10.6 Å². The second-order valence-electron chi connectivity index (χ2n) is 4.54. The van der Waals surface area contributed by atoms with E-state index >= 15 is 0 Å². The van der Waals surface area contributed by atoms with Crippen LogP contribution in [0.4, 0.5) is 0 Å². The van der Waals surface area contributed by atoms with Crippen molar-refractivity contribution in [3.8, 4) is 10.6 Å². The molecule has 0 fully saturated rings. The Kier molecular flexibility index (Phi) is 5.08. The van der Waals surface area contributed by atoms with Crippen LogP contribution >= 0.6 is 22.7 Å². The lowest BCUT2D eigenvalue weighted by atomic mass is 10.3. The van der Waals surface area contributed by atoms with Crippen LogP contribution in [0.5, 0.6) is 0 Å². The van der Waals surface area contributed by atoms with Crippen LogP contribution in [0.2, 0.25) is 0 Å². The predicted molar refractivity (Wildman–Crippen MR) is 85.8 cm³/mol. The summed E-state index contributed by atoms with van der Waals surface area (Å²) in [5.74, 6) is -0.448. The quantitative estimate of drug-likeness (QED) is 0.888. The Morgan fingerprint density at radius 3 is 2.81 bits per heavy atom. The molecule has 112 valence electrons. The van der Waals surface area contributed by atoms with Crippen molar-refractivity contribution in [3.05, 3.63) is 27.4 Å². The summed E-state index contributed by atoms with van der Waals surface area (Å²) >= 11 is 2.94. The van der Waals surface area contributed by atoms with E-state index in [-0.39, 0.29) is 11.8 Å². The summed E-state index contributed by atoms with van der Waals surface area (Å²) < 4.78 is 0. The van der Waals surface area contributed by atoms with Crippen LogP contribution in [-0.4, -0.2) is 29.4 Å². The highest BCUT2D eigenvalue weighted by Crippen LogP contribution is 2.29. The second-order valence-corrected chi connectivity index (χ2v) is 6.31. The zero-order valence-electron chi connectivity index (χ0n) is 12.1. The van der Waals surface area contributed by atoms with Crippen molar-refractivity contribution in [1.82, 2.24) is 15.6 Å². The number of hydrogen-bond acceptors (Lipinski definition) is 5. The number of amides is 2. The molecule has 2 heterocycles. The number of likely N-dealkylation sites (N-methyl/N-ethyl adjacent to an activating group) is 1. The summed E-state index contributed by atoms with van der Waals surface area (Å²) in [4.78, 5) is 28.9. The normalized spacial score (nSPS) is 12.0. The number of aromatic nitrogens is 1. The highest BCUT2D eigenvalue weighted by molar-refractivity contribution is 7.17. The topological polar surface area (TPSA) is 71.1 Å². The van der Waals surface area contributed by atoms with Gasteiger partial charge in [0.1, 0.15) is 15.9 Å². The number of hydrogen-bond donors (Lipinski definition) is 2. The average Bonchev–Trinajstić information content (AvgIpc) is 3.07. The van der Waals surface area contributed by atoms with E-state index in [2.05, 4.69) is 15.6 Å². The number of thiophene rings is 1. The fourth-order valence-corrected chi connectivity index (χ4v) is 3.45. The minimum Gasteiger partial charge on any atom is -0.355 e. The third-order valence-corrected chi connectivity index (χ3v) is 4.75. The van der Waals surface area contributed by atoms with Crippen molar-refractivity contribution in [2.24, 2.45) is 0 Å². The van der Waals surface area contributed by atoms with Gasteiger partial charge in [0, 0.05) is 17.5 Å². The summed E-state index contributed by atoms with van der Waals surface area (Å²) in [5.41, 5.74) is 1.70. The molecular formula is C14H17N3O2S2. The zero-order valence-corrected chi connectivity index (χ0v) is 13.7. The third kappa shape index (κ3) is 3.68. The lowest BCUT2D eigenvalue weighted by Gasteiger charge is -2.12. The van der Waals surface area contributed by atoms with Gasteiger partial charge in [-0.1, -0.05) is 0 Å². The molecule has 0 radical (unpaired) electrons. The Labute approximate surface area is 131 Å². The van der Waals surface area contributed by atoms with Gasteiger partial charge in [-0.3, -0.25) is 9.59 Å². The molecule has 2 amide bonds. The Bertz CT molecular complexity index is 635. The molecule has 21 heavy (non-hydrogen) atoms. The number of carbonyl (C=O) groups is 2. The van der Waals surface area contributed by atoms with Crippen molar-refractivity contribution in [2.45, 2.75) is 26.8 Å². The van der Waals surface area contributed by atoms with E-state index in [1.807, 2.05) is 23.8 Å². The molecule has 0 aliphatic heterocycles. The lowest BCUT2D eigenvalue weighted by Crippen LogP contribution is -2.44. The van der Waals surface area contributed by atoms with Crippen LogP contribution in [0.25, 0.3) is 10.6 Å². The van der Waals surface area contributed by atoms with Gasteiger partial charge in [-0.05, 0) is 32.2 Å². The van der Waals surface area contributed by atoms with E-state index in [9.17, 15) is 9.59 Å². The van der Waals surface area contributed by atoms with Crippen LogP contribution in [0.3, 0.4) is 0 Å². The van der Waals surface area contributed by atoms with Gasteiger partial charge in [0.25, 0.3) is 5.91 Å². The molecule has 2 aromatic heterocycles. The SMILES string of the molecule is CCNC(=O)C(C)NC(=O)c1sc(-c2ccsc2)nc1C. The Morgan fingerprint density at radius 2 is 2.19 bits per heavy atom. The maximum atomic E-state index is 12.2. The summed E-state index contributed by atoms with van der Waals surface area (Å²) in [6.07, 6.45) is 0. The number of thiazole rings is 1. The molecule has 1 atom stereocenters. The van der Waals surface area contributed by atoms with Crippen molar-refractivity contribution >= 4 is 34.5 Å². The smallest absolute Gasteiger partial charge is 0.263 e. The van der Waals surface area contributed by atoms with Crippen LogP contribution in [0, 0.1) is 6.92 Å². The zero-order chi connectivity index (χ0) is 15.4. The minimum absolute atomic E-state index is 0.189. The maximum Gasteiger partial charge on any atom is 0.263 e. The number of nitrogens with one attached hydrogen (secondary N) is 2. The molecule has 0 aromatic carbocycles. The number of aryl methyl sites for hydroxylation is 1. The van der Waals surface area contributed by atoms with Gasteiger partial charge >= 0.3 is 0 Å². The molecule has 2 rings (SSSR count). The molecule has 1 unspecified atom stereocenters. The second kappa shape index (κ2) is 6.82. The van der Waals surface area contributed by atoms with E-state index in [0.29, 0.717) is 17.1 Å². The fraction of sp³-hybridized carbons (Fsp3) is 0.357. The third-order valence-electron chi connectivity index (χ3n) is 2.86. The molecule has 2 N–H and O–H groups in total. The van der Waals surface area contributed by atoms with Gasteiger partial charge in [0.15, 0.2) is 0 Å². The average molecular weight is 323 g/mol. The number of rotatable bonds is 5. The maximum absolute atomic E-state index is 12.2. The number of carbonyl (C=O) groups excluding carboxylic acids is 2. The highest BCUT2D eigenvalue weighted by atomic mass is 32.1. The van der Waals surface area contributed by atoms with E-state index in [1.165, 1.54) is 11.3 Å². The van der Waals surface area contributed by atoms with Gasteiger partial charge in [-0.25, -0.2) is 4.98 Å². The molecule has 0 saturated heterocycles. The van der Waals surface area contributed by atoms with Crippen LogP contribution in [-0.2, 0) is 4.79 Å². The van der Waals surface area contributed by atoms with Crippen molar-refractivity contribution in [2.75, 3.05) is 6.54 Å². The van der Waals surface area contributed by atoms with Crippen LogP contribution < -0.4 is 10.6 Å². The molecule has 0 aliphatic carbocycles. The molecular weight excluding hydrogens is 306 g/mol. The predicted octanol–water partition coefficient (Wildman–Crippen LogP) is 2.43. The summed E-state index contributed by atoms with van der Waals surface area (Å²) in [7, 11) is 0. The van der Waals surface area contributed by atoms with Gasteiger partial charge in [-0.15, -0.1) is 11.3 Å². The molecule has 5 nitrogen and oxygen atoms in total. The van der Waals surface area contributed by atoms with Crippen LogP contribution in [0.15, 0.2) is 16.8 Å². The first-order valence-electron chi connectivity index (χ1n) is 6.61. The Morgan fingerprint density at radius 1 is 1.43 bits per heavy atom. The van der Waals surface area contributed by atoms with Gasteiger partial charge in [0.05, 0.1) is 5.69 Å². The minimum atomic E-state index is -0.566. The molecule has 0 aliphatic rings.